The second kappa shape index (κ2) is 5.55. The van der Waals surface area contributed by atoms with Gasteiger partial charge in [0.05, 0.1) is 11.7 Å². The summed E-state index contributed by atoms with van der Waals surface area (Å²) in [7, 11) is 1.68. The number of ether oxygens (including phenoxy) is 1. The van der Waals surface area contributed by atoms with Gasteiger partial charge in [0.1, 0.15) is 5.82 Å². The van der Waals surface area contributed by atoms with E-state index in [0.717, 1.165) is 19.3 Å². The number of hydrogen-bond acceptors (Lipinski definition) is 2. The van der Waals surface area contributed by atoms with Gasteiger partial charge in [-0.15, -0.1) is 0 Å². The smallest absolute Gasteiger partial charge is 0.123 e. The molecule has 0 saturated heterocycles. The van der Waals surface area contributed by atoms with Crippen LogP contribution in [0.5, 0.6) is 0 Å². The molecule has 1 aliphatic carbocycles. The van der Waals surface area contributed by atoms with E-state index in [1.54, 1.807) is 7.11 Å². The van der Waals surface area contributed by atoms with Crippen LogP contribution in [0.25, 0.3) is 0 Å². The van der Waals surface area contributed by atoms with Gasteiger partial charge >= 0.3 is 0 Å². The molecule has 100 valence electrons. The van der Waals surface area contributed by atoms with E-state index in [-0.39, 0.29) is 11.4 Å². The average molecular weight is 273 g/mol. The fourth-order valence-corrected chi connectivity index (χ4v) is 2.71. The largest absolute Gasteiger partial charge is 0.393 e. The van der Waals surface area contributed by atoms with Crippen LogP contribution in [0.1, 0.15) is 31.2 Å². The van der Waals surface area contributed by atoms with Gasteiger partial charge in [0.25, 0.3) is 0 Å². The quantitative estimate of drug-likeness (QED) is 0.891. The van der Waals surface area contributed by atoms with Gasteiger partial charge in [0.2, 0.25) is 0 Å². The van der Waals surface area contributed by atoms with E-state index < -0.39 is 6.10 Å². The Balaban J connectivity index is 1.98. The lowest BCUT2D eigenvalue weighted by Crippen LogP contribution is -2.42. The summed E-state index contributed by atoms with van der Waals surface area (Å²) in [5.41, 5.74) is 0.467. The molecule has 0 aromatic heterocycles. The Hall–Kier alpha value is -0.640. The molecule has 0 bridgehead atoms. The lowest BCUT2D eigenvalue weighted by molar-refractivity contribution is -0.0989. The average Bonchev–Trinajstić information content (AvgIpc) is 2.28. The van der Waals surface area contributed by atoms with E-state index in [4.69, 9.17) is 16.3 Å². The minimum Gasteiger partial charge on any atom is -0.393 e. The van der Waals surface area contributed by atoms with Gasteiger partial charge in [0.15, 0.2) is 0 Å². The van der Waals surface area contributed by atoms with Crippen molar-refractivity contribution >= 4 is 11.6 Å². The third kappa shape index (κ3) is 3.02. The molecule has 1 aromatic rings. The summed E-state index contributed by atoms with van der Waals surface area (Å²) in [4.78, 5) is 0. The summed E-state index contributed by atoms with van der Waals surface area (Å²) >= 11 is 5.98. The number of rotatable bonds is 5. The van der Waals surface area contributed by atoms with E-state index in [9.17, 15) is 9.50 Å². The third-order valence-corrected chi connectivity index (χ3v) is 4.14. The van der Waals surface area contributed by atoms with Crippen molar-refractivity contribution in [3.05, 3.63) is 34.6 Å². The van der Waals surface area contributed by atoms with Crippen molar-refractivity contribution in [3.8, 4) is 0 Å². The first kappa shape index (κ1) is 13.8. The number of benzene rings is 1. The van der Waals surface area contributed by atoms with E-state index in [1.807, 2.05) is 0 Å². The van der Waals surface area contributed by atoms with Crippen LogP contribution in [0.4, 0.5) is 4.39 Å². The molecule has 18 heavy (non-hydrogen) atoms. The minimum atomic E-state index is -0.551. The SMILES string of the molecule is COC1(CC(O)Cc2cc(F)ccc2Cl)CCC1. The molecule has 0 heterocycles. The van der Waals surface area contributed by atoms with Crippen molar-refractivity contribution in [2.24, 2.45) is 0 Å². The van der Waals surface area contributed by atoms with Crippen molar-refractivity contribution in [3.63, 3.8) is 0 Å². The molecular formula is C14H18ClFO2. The lowest BCUT2D eigenvalue weighted by atomic mass is 9.75. The first-order valence-electron chi connectivity index (χ1n) is 6.22. The van der Waals surface area contributed by atoms with E-state index >= 15 is 0 Å². The van der Waals surface area contributed by atoms with Crippen LogP contribution in [-0.2, 0) is 11.2 Å². The van der Waals surface area contributed by atoms with Crippen molar-refractivity contribution < 1.29 is 14.2 Å². The molecule has 4 heteroatoms. The molecule has 0 spiro atoms. The Morgan fingerprint density at radius 2 is 2.22 bits per heavy atom. The lowest BCUT2D eigenvalue weighted by Gasteiger charge is -2.41. The molecule has 1 N–H and O–H groups in total. The van der Waals surface area contributed by atoms with Crippen LogP contribution in [0.2, 0.25) is 5.02 Å². The minimum absolute atomic E-state index is 0.181. The Morgan fingerprint density at radius 3 is 2.78 bits per heavy atom. The second-order valence-electron chi connectivity index (χ2n) is 5.04. The summed E-state index contributed by atoms with van der Waals surface area (Å²) in [6.07, 6.45) is 3.50. The zero-order valence-electron chi connectivity index (χ0n) is 10.5. The highest BCUT2D eigenvalue weighted by molar-refractivity contribution is 6.31. The first-order chi connectivity index (χ1) is 8.54. The number of halogens is 2. The van der Waals surface area contributed by atoms with Crippen LogP contribution in [0, 0.1) is 5.82 Å². The van der Waals surface area contributed by atoms with Crippen LogP contribution in [0.3, 0.4) is 0 Å². The van der Waals surface area contributed by atoms with E-state index in [2.05, 4.69) is 0 Å². The Bertz CT molecular complexity index is 413. The van der Waals surface area contributed by atoms with Crippen molar-refractivity contribution in [1.82, 2.24) is 0 Å². The maximum atomic E-state index is 13.1. The Labute approximate surface area is 112 Å². The molecule has 2 rings (SSSR count). The highest BCUT2D eigenvalue weighted by Crippen LogP contribution is 2.39. The van der Waals surface area contributed by atoms with Crippen LogP contribution < -0.4 is 0 Å². The summed E-state index contributed by atoms with van der Waals surface area (Å²) in [6.45, 7) is 0. The monoisotopic (exact) mass is 272 g/mol. The number of methoxy groups -OCH3 is 1. The van der Waals surface area contributed by atoms with E-state index in [1.165, 1.54) is 18.2 Å². The fraction of sp³-hybridized carbons (Fsp3) is 0.571. The molecule has 0 radical (unpaired) electrons. The molecule has 1 unspecified atom stereocenters. The topological polar surface area (TPSA) is 29.5 Å². The van der Waals surface area contributed by atoms with Crippen molar-refractivity contribution in [2.75, 3.05) is 7.11 Å². The van der Waals surface area contributed by atoms with Gasteiger partial charge in [-0.3, -0.25) is 0 Å². The maximum Gasteiger partial charge on any atom is 0.123 e. The fourth-order valence-electron chi connectivity index (χ4n) is 2.52. The van der Waals surface area contributed by atoms with Gasteiger partial charge in [-0.25, -0.2) is 4.39 Å². The molecule has 1 saturated carbocycles. The van der Waals surface area contributed by atoms with Crippen LogP contribution in [0.15, 0.2) is 18.2 Å². The van der Waals surface area contributed by atoms with Crippen molar-refractivity contribution in [1.29, 1.82) is 0 Å². The molecule has 2 nitrogen and oxygen atoms in total. The standard InChI is InChI=1S/C14H18ClFO2/c1-18-14(5-2-6-14)9-12(17)8-10-7-11(16)3-4-13(10)15/h3-4,7,12,17H,2,5-6,8-9H2,1H3. The molecule has 1 atom stereocenters. The van der Waals surface area contributed by atoms with Crippen LogP contribution in [-0.4, -0.2) is 23.9 Å². The Kier molecular flexibility index (Phi) is 4.25. The predicted molar refractivity (Wildman–Crippen MR) is 69.3 cm³/mol. The zero-order valence-corrected chi connectivity index (χ0v) is 11.2. The molecule has 0 amide bonds. The zero-order chi connectivity index (χ0) is 13.2. The third-order valence-electron chi connectivity index (χ3n) is 3.77. The highest BCUT2D eigenvalue weighted by Gasteiger charge is 2.38. The number of hydrogen-bond donors (Lipinski definition) is 1. The van der Waals surface area contributed by atoms with Gasteiger partial charge in [-0.1, -0.05) is 11.6 Å². The number of aliphatic hydroxyl groups excluding tert-OH is 1. The summed E-state index contributed by atoms with van der Waals surface area (Å²) in [5, 5.41) is 10.6. The van der Waals surface area contributed by atoms with Gasteiger partial charge in [0, 0.05) is 25.0 Å². The van der Waals surface area contributed by atoms with E-state index in [0.29, 0.717) is 23.4 Å². The first-order valence-corrected chi connectivity index (χ1v) is 6.60. The molecular weight excluding hydrogens is 255 g/mol. The molecule has 1 fully saturated rings. The van der Waals surface area contributed by atoms with Gasteiger partial charge in [-0.05, 0) is 43.0 Å². The van der Waals surface area contributed by atoms with Crippen LogP contribution >= 0.6 is 11.6 Å². The normalized spacial score (nSPS) is 19.3. The molecule has 0 aliphatic heterocycles. The summed E-state index contributed by atoms with van der Waals surface area (Å²) in [6, 6.07) is 4.22. The van der Waals surface area contributed by atoms with Gasteiger partial charge in [-0.2, -0.15) is 0 Å². The predicted octanol–water partition coefficient (Wildman–Crippen LogP) is 3.34. The summed E-state index contributed by atoms with van der Waals surface area (Å²) in [5.74, 6) is -0.327. The molecule has 1 aliphatic rings. The van der Waals surface area contributed by atoms with Gasteiger partial charge < -0.3 is 9.84 Å². The highest BCUT2D eigenvalue weighted by atomic mass is 35.5. The molecule has 1 aromatic carbocycles. The number of aliphatic hydroxyl groups is 1. The Morgan fingerprint density at radius 1 is 1.50 bits per heavy atom. The van der Waals surface area contributed by atoms with Crippen molar-refractivity contribution in [2.45, 2.75) is 43.8 Å². The maximum absolute atomic E-state index is 13.1. The second-order valence-corrected chi connectivity index (χ2v) is 5.45. The summed E-state index contributed by atoms with van der Waals surface area (Å²) < 4.78 is 18.6.